The fourth-order valence-corrected chi connectivity index (χ4v) is 2.78. The van der Waals surface area contributed by atoms with E-state index in [9.17, 15) is 4.79 Å². The molecule has 0 fully saturated rings. The van der Waals surface area contributed by atoms with Gasteiger partial charge in [-0.3, -0.25) is 4.79 Å². The molecule has 3 aromatic rings. The van der Waals surface area contributed by atoms with Gasteiger partial charge in [-0.05, 0) is 24.3 Å². The van der Waals surface area contributed by atoms with Gasteiger partial charge in [0.2, 0.25) is 0 Å². The minimum Gasteiger partial charge on any atom is -0.497 e. The number of benzene rings is 3. The minimum absolute atomic E-state index is 0.265. The predicted molar refractivity (Wildman–Crippen MR) is 110 cm³/mol. The van der Waals surface area contributed by atoms with Gasteiger partial charge in [-0.2, -0.15) is 0 Å². The van der Waals surface area contributed by atoms with Crippen molar-refractivity contribution < 1.29 is 19.0 Å². The van der Waals surface area contributed by atoms with E-state index in [1.54, 1.807) is 56.7 Å². The predicted octanol–water partition coefficient (Wildman–Crippen LogP) is 5.19. The van der Waals surface area contributed by atoms with Crippen molar-refractivity contribution in [2.24, 2.45) is 0 Å². The number of rotatable bonds is 7. The van der Waals surface area contributed by atoms with E-state index in [0.29, 0.717) is 40.1 Å². The van der Waals surface area contributed by atoms with E-state index in [1.807, 2.05) is 24.3 Å². The van der Waals surface area contributed by atoms with Crippen LogP contribution in [0, 0.1) is 0 Å². The first-order chi connectivity index (χ1) is 13.6. The summed E-state index contributed by atoms with van der Waals surface area (Å²) in [6, 6.07) is 19.6. The van der Waals surface area contributed by atoms with Gasteiger partial charge < -0.3 is 19.5 Å². The number of carbonyl (C=O) groups is 1. The summed E-state index contributed by atoms with van der Waals surface area (Å²) in [6.45, 7) is 0.317. The van der Waals surface area contributed by atoms with E-state index in [4.69, 9.17) is 25.8 Å². The molecule has 0 aromatic heterocycles. The molecule has 144 valence electrons. The maximum Gasteiger partial charge on any atom is 0.255 e. The first-order valence-corrected chi connectivity index (χ1v) is 8.97. The molecule has 0 unspecified atom stereocenters. The van der Waals surface area contributed by atoms with Crippen LogP contribution in [0.25, 0.3) is 0 Å². The van der Waals surface area contributed by atoms with Crippen LogP contribution in [0.1, 0.15) is 15.9 Å². The summed E-state index contributed by atoms with van der Waals surface area (Å²) in [7, 11) is 3.11. The van der Waals surface area contributed by atoms with E-state index < -0.39 is 0 Å². The molecule has 0 bridgehead atoms. The lowest BCUT2D eigenvalue weighted by Crippen LogP contribution is -2.12. The Kier molecular flexibility index (Phi) is 6.40. The summed E-state index contributed by atoms with van der Waals surface area (Å²) in [5.41, 5.74) is 1.92. The first-order valence-electron chi connectivity index (χ1n) is 8.59. The summed E-state index contributed by atoms with van der Waals surface area (Å²) in [4.78, 5) is 12.6. The third-order valence-electron chi connectivity index (χ3n) is 4.06. The van der Waals surface area contributed by atoms with Gasteiger partial charge in [0.15, 0.2) is 0 Å². The Balaban J connectivity index is 1.71. The highest BCUT2D eigenvalue weighted by Gasteiger charge is 2.10. The Morgan fingerprint density at radius 3 is 2.29 bits per heavy atom. The number of halogens is 1. The van der Waals surface area contributed by atoms with Gasteiger partial charge in [-0.15, -0.1) is 0 Å². The number of hydrogen-bond donors (Lipinski definition) is 1. The molecular weight excluding hydrogens is 378 g/mol. The lowest BCUT2D eigenvalue weighted by molar-refractivity contribution is 0.102. The van der Waals surface area contributed by atoms with Crippen molar-refractivity contribution in [2.45, 2.75) is 6.61 Å². The van der Waals surface area contributed by atoms with Crippen LogP contribution in [0.2, 0.25) is 5.02 Å². The Morgan fingerprint density at radius 2 is 1.61 bits per heavy atom. The van der Waals surface area contributed by atoms with E-state index in [1.165, 1.54) is 0 Å². The fraction of sp³-hybridized carbons (Fsp3) is 0.136. The van der Waals surface area contributed by atoms with Gasteiger partial charge in [0.05, 0.1) is 14.2 Å². The summed E-state index contributed by atoms with van der Waals surface area (Å²) in [6.07, 6.45) is 0. The molecule has 0 aliphatic heterocycles. The number of nitrogens with one attached hydrogen (secondary N) is 1. The zero-order valence-electron chi connectivity index (χ0n) is 15.6. The molecule has 0 spiro atoms. The molecular formula is C22H20ClNO4. The molecule has 3 rings (SSSR count). The molecule has 0 saturated carbocycles. The number of methoxy groups -OCH3 is 2. The van der Waals surface area contributed by atoms with Gasteiger partial charge in [0, 0.05) is 40.0 Å². The second-order valence-corrected chi connectivity index (χ2v) is 6.37. The number of carbonyl (C=O) groups excluding carboxylic acids is 1. The molecule has 28 heavy (non-hydrogen) atoms. The van der Waals surface area contributed by atoms with Crippen LogP contribution in [0.15, 0.2) is 66.7 Å². The first kappa shape index (κ1) is 19.6. The average molecular weight is 398 g/mol. The summed E-state index contributed by atoms with van der Waals surface area (Å²) in [5.74, 6) is 1.49. The third-order valence-corrected chi connectivity index (χ3v) is 4.43. The van der Waals surface area contributed by atoms with Crippen molar-refractivity contribution in [3.05, 3.63) is 82.9 Å². The second-order valence-electron chi connectivity index (χ2n) is 5.96. The molecule has 0 saturated heterocycles. The van der Waals surface area contributed by atoms with Gasteiger partial charge in [-0.1, -0.05) is 35.9 Å². The molecule has 0 aliphatic carbocycles. The maximum absolute atomic E-state index is 12.6. The minimum atomic E-state index is -0.265. The van der Waals surface area contributed by atoms with E-state index in [2.05, 4.69) is 5.32 Å². The molecule has 0 heterocycles. The number of hydrogen-bond acceptors (Lipinski definition) is 4. The van der Waals surface area contributed by atoms with Crippen LogP contribution < -0.4 is 19.5 Å². The highest BCUT2D eigenvalue weighted by molar-refractivity contribution is 6.31. The molecule has 0 atom stereocenters. The molecule has 6 heteroatoms. The van der Waals surface area contributed by atoms with E-state index in [-0.39, 0.29) is 5.91 Å². The van der Waals surface area contributed by atoms with Gasteiger partial charge in [-0.25, -0.2) is 0 Å². The Morgan fingerprint density at radius 1 is 0.893 bits per heavy atom. The summed E-state index contributed by atoms with van der Waals surface area (Å²) in [5, 5.41) is 3.48. The standard InChI is InChI=1S/C22H20ClNO4/c1-26-19-11-17(12-20(13-19)27-2)24-22(25)15-7-5-8-18(10-15)28-14-16-6-3-4-9-21(16)23/h3-13H,14H2,1-2H3,(H,24,25). The van der Waals surface area contributed by atoms with Crippen LogP contribution >= 0.6 is 11.6 Å². The third kappa shape index (κ3) is 4.96. The highest BCUT2D eigenvalue weighted by atomic mass is 35.5. The van der Waals surface area contributed by atoms with Gasteiger partial charge in [0.1, 0.15) is 23.9 Å². The largest absolute Gasteiger partial charge is 0.497 e. The SMILES string of the molecule is COc1cc(NC(=O)c2cccc(OCc3ccccc3Cl)c2)cc(OC)c1. The van der Waals surface area contributed by atoms with Crippen molar-refractivity contribution in [3.8, 4) is 17.2 Å². The molecule has 3 aromatic carbocycles. The molecule has 1 N–H and O–H groups in total. The maximum atomic E-state index is 12.6. The molecule has 5 nitrogen and oxygen atoms in total. The van der Waals surface area contributed by atoms with E-state index in [0.717, 1.165) is 5.56 Å². The normalized spacial score (nSPS) is 10.2. The molecule has 1 amide bonds. The second kappa shape index (κ2) is 9.15. The Hall–Kier alpha value is -3.18. The van der Waals surface area contributed by atoms with Crippen LogP contribution in [0.4, 0.5) is 5.69 Å². The number of ether oxygens (including phenoxy) is 3. The monoisotopic (exact) mass is 397 g/mol. The van der Waals surface area contributed by atoms with Gasteiger partial charge in [0.25, 0.3) is 5.91 Å². The smallest absolute Gasteiger partial charge is 0.255 e. The molecule has 0 aliphatic rings. The number of amides is 1. The number of anilines is 1. The van der Waals surface area contributed by atoms with E-state index >= 15 is 0 Å². The van der Waals surface area contributed by atoms with Crippen molar-refractivity contribution in [2.75, 3.05) is 19.5 Å². The zero-order valence-corrected chi connectivity index (χ0v) is 16.3. The summed E-state index contributed by atoms with van der Waals surface area (Å²) < 4.78 is 16.2. The van der Waals surface area contributed by atoms with Crippen LogP contribution in [0.5, 0.6) is 17.2 Å². The lowest BCUT2D eigenvalue weighted by atomic mass is 10.2. The topological polar surface area (TPSA) is 56.8 Å². The van der Waals surface area contributed by atoms with Crippen LogP contribution in [-0.4, -0.2) is 20.1 Å². The Bertz CT molecular complexity index is 952. The molecule has 0 radical (unpaired) electrons. The Labute approximate surface area is 168 Å². The quantitative estimate of drug-likeness (QED) is 0.596. The van der Waals surface area contributed by atoms with Crippen molar-refractivity contribution in [1.29, 1.82) is 0 Å². The summed E-state index contributed by atoms with van der Waals surface area (Å²) >= 11 is 6.15. The van der Waals surface area contributed by atoms with Crippen molar-refractivity contribution in [3.63, 3.8) is 0 Å². The van der Waals surface area contributed by atoms with Crippen LogP contribution in [0.3, 0.4) is 0 Å². The highest BCUT2D eigenvalue weighted by Crippen LogP contribution is 2.26. The van der Waals surface area contributed by atoms with Crippen LogP contribution in [-0.2, 0) is 6.61 Å². The lowest BCUT2D eigenvalue weighted by Gasteiger charge is -2.11. The van der Waals surface area contributed by atoms with Crippen molar-refractivity contribution in [1.82, 2.24) is 0 Å². The zero-order chi connectivity index (χ0) is 19.9. The fourth-order valence-electron chi connectivity index (χ4n) is 2.59. The van der Waals surface area contributed by atoms with Gasteiger partial charge >= 0.3 is 0 Å². The van der Waals surface area contributed by atoms with Crippen molar-refractivity contribution >= 4 is 23.2 Å². The average Bonchev–Trinajstić information content (AvgIpc) is 2.73.